The van der Waals surface area contributed by atoms with Crippen LogP contribution in [0.3, 0.4) is 0 Å². The van der Waals surface area contributed by atoms with Gasteiger partial charge in [-0.25, -0.2) is 9.97 Å². The quantitative estimate of drug-likeness (QED) is 0.864. The van der Waals surface area contributed by atoms with Gasteiger partial charge in [0.2, 0.25) is 5.82 Å². The molecule has 1 aromatic heterocycles. The number of carbonyl (C=O) groups excluding carboxylic acids is 1. The van der Waals surface area contributed by atoms with Crippen LogP contribution >= 0.6 is 0 Å². The molecule has 6 nitrogen and oxygen atoms in total. The molecule has 2 N–H and O–H groups in total. The van der Waals surface area contributed by atoms with E-state index in [2.05, 4.69) is 15.3 Å². The molecule has 21 heavy (non-hydrogen) atoms. The first kappa shape index (κ1) is 16.9. The van der Waals surface area contributed by atoms with Crippen LogP contribution in [0.25, 0.3) is 0 Å². The van der Waals surface area contributed by atoms with Crippen LogP contribution in [0.4, 0.5) is 13.2 Å². The number of carboxylic acid groups (broad SMARTS) is 1. The molecule has 0 aliphatic carbocycles. The smallest absolute Gasteiger partial charge is 0.451 e. The number of amides is 1. The molecule has 0 fully saturated rings. The zero-order valence-electron chi connectivity index (χ0n) is 11.4. The predicted octanol–water partition coefficient (Wildman–Crippen LogP) is 1.73. The minimum absolute atomic E-state index is 0.0686. The number of hydrogen-bond acceptors (Lipinski definition) is 4. The summed E-state index contributed by atoms with van der Waals surface area (Å²) in [6.07, 6.45) is -2.95. The molecule has 1 aromatic rings. The summed E-state index contributed by atoms with van der Waals surface area (Å²) in [6, 6.07) is 0. The molecular weight excluding hydrogens is 291 g/mol. The fourth-order valence-corrected chi connectivity index (χ4v) is 1.29. The van der Waals surface area contributed by atoms with Crippen LogP contribution in [0.1, 0.15) is 36.5 Å². The number of carboxylic acids is 1. The van der Waals surface area contributed by atoms with Gasteiger partial charge in [0.05, 0.1) is 11.0 Å². The van der Waals surface area contributed by atoms with E-state index in [4.69, 9.17) is 5.11 Å². The van der Waals surface area contributed by atoms with E-state index in [-0.39, 0.29) is 18.5 Å². The van der Waals surface area contributed by atoms with Crippen molar-refractivity contribution in [2.45, 2.75) is 26.4 Å². The number of hydrogen-bond donors (Lipinski definition) is 2. The maximum absolute atomic E-state index is 12.2. The van der Waals surface area contributed by atoms with Crippen molar-refractivity contribution in [3.63, 3.8) is 0 Å². The summed E-state index contributed by atoms with van der Waals surface area (Å²) in [5.74, 6) is -2.99. The molecule has 0 aromatic carbocycles. The van der Waals surface area contributed by atoms with Crippen molar-refractivity contribution >= 4 is 11.9 Å². The molecule has 0 aliphatic heterocycles. The van der Waals surface area contributed by atoms with Crippen molar-refractivity contribution in [3.8, 4) is 0 Å². The van der Waals surface area contributed by atoms with Gasteiger partial charge in [-0.1, -0.05) is 0 Å². The molecule has 1 rings (SSSR count). The van der Waals surface area contributed by atoms with Gasteiger partial charge >= 0.3 is 12.1 Å². The lowest BCUT2D eigenvalue weighted by molar-refractivity contribution is -0.147. The van der Waals surface area contributed by atoms with E-state index in [9.17, 15) is 22.8 Å². The molecule has 0 radical (unpaired) electrons. The van der Waals surface area contributed by atoms with Crippen LogP contribution < -0.4 is 5.32 Å². The predicted molar refractivity (Wildman–Crippen MR) is 65.4 cm³/mol. The maximum atomic E-state index is 12.2. The summed E-state index contributed by atoms with van der Waals surface area (Å²) in [7, 11) is 0. The Kier molecular flexibility index (Phi) is 4.87. The van der Waals surface area contributed by atoms with Gasteiger partial charge in [-0.2, -0.15) is 13.2 Å². The second kappa shape index (κ2) is 6.06. The summed E-state index contributed by atoms with van der Waals surface area (Å²) in [5.41, 5.74) is -1.14. The Balaban J connectivity index is 2.59. The first-order valence-corrected chi connectivity index (χ1v) is 5.95. The van der Waals surface area contributed by atoms with Gasteiger partial charge in [-0.3, -0.25) is 9.59 Å². The van der Waals surface area contributed by atoms with E-state index in [0.717, 1.165) is 12.4 Å². The van der Waals surface area contributed by atoms with Crippen molar-refractivity contribution in [3.05, 3.63) is 23.8 Å². The molecule has 9 heteroatoms. The summed E-state index contributed by atoms with van der Waals surface area (Å²) in [6.45, 7) is 3.07. The van der Waals surface area contributed by atoms with Crippen LogP contribution in [0, 0.1) is 5.41 Å². The fraction of sp³-hybridized carbons (Fsp3) is 0.500. The van der Waals surface area contributed by atoms with E-state index in [1.165, 1.54) is 13.8 Å². The Morgan fingerprint density at radius 1 is 1.24 bits per heavy atom. The number of alkyl halides is 3. The monoisotopic (exact) mass is 305 g/mol. The van der Waals surface area contributed by atoms with Gasteiger partial charge in [0.1, 0.15) is 0 Å². The highest BCUT2D eigenvalue weighted by Crippen LogP contribution is 2.25. The van der Waals surface area contributed by atoms with Gasteiger partial charge in [0.15, 0.2) is 0 Å². The molecule has 116 valence electrons. The average molecular weight is 305 g/mol. The molecule has 0 bridgehead atoms. The second-order valence-electron chi connectivity index (χ2n) is 4.99. The highest BCUT2D eigenvalue weighted by molar-refractivity contribution is 5.93. The Morgan fingerprint density at radius 2 is 1.76 bits per heavy atom. The van der Waals surface area contributed by atoms with Gasteiger partial charge < -0.3 is 10.4 Å². The highest BCUT2D eigenvalue weighted by Gasteiger charge is 2.34. The number of aliphatic carboxylic acids is 1. The fourth-order valence-electron chi connectivity index (χ4n) is 1.29. The topological polar surface area (TPSA) is 92.2 Å². The van der Waals surface area contributed by atoms with E-state index >= 15 is 0 Å². The Labute approximate surface area is 118 Å². The number of aromatic nitrogens is 2. The van der Waals surface area contributed by atoms with Gasteiger partial charge in [0, 0.05) is 18.9 Å². The zero-order valence-corrected chi connectivity index (χ0v) is 11.4. The van der Waals surface area contributed by atoms with E-state index < -0.39 is 29.3 Å². The Hall–Kier alpha value is -2.19. The van der Waals surface area contributed by atoms with Crippen molar-refractivity contribution in [1.82, 2.24) is 15.3 Å². The van der Waals surface area contributed by atoms with Gasteiger partial charge in [-0.05, 0) is 20.3 Å². The summed E-state index contributed by atoms with van der Waals surface area (Å²) in [5, 5.41) is 11.3. The molecule has 1 heterocycles. The van der Waals surface area contributed by atoms with Gasteiger partial charge in [-0.15, -0.1) is 0 Å². The average Bonchev–Trinajstić information content (AvgIpc) is 2.37. The number of carbonyl (C=O) groups is 2. The van der Waals surface area contributed by atoms with Crippen molar-refractivity contribution in [2.24, 2.45) is 5.41 Å². The number of halogens is 3. The number of nitrogens with one attached hydrogen (secondary N) is 1. The normalized spacial score (nSPS) is 12.0. The summed E-state index contributed by atoms with van der Waals surface area (Å²) < 4.78 is 36.7. The minimum Gasteiger partial charge on any atom is -0.481 e. The van der Waals surface area contributed by atoms with Crippen molar-refractivity contribution in [2.75, 3.05) is 6.54 Å². The summed E-state index contributed by atoms with van der Waals surface area (Å²) in [4.78, 5) is 28.6. The molecule has 0 saturated heterocycles. The largest absolute Gasteiger partial charge is 0.481 e. The van der Waals surface area contributed by atoms with Gasteiger partial charge in [0.25, 0.3) is 5.91 Å². The third-order valence-electron chi connectivity index (χ3n) is 2.78. The van der Waals surface area contributed by atoms with E-state index in [1.54, 1.807) is 0 Å². The van der Waals surface area contributed by atoms with Crippen LogP contribution in [-0.2, 0) is 11.0 Å². The van der Waals surface area contributed by atoms with Crippen LogP contribution in [0.2, 0.25) is 0 Å². The Bertz CT molecular complexity index is 527. The molecular formula is C12H14F3N3O3. The molecule has 0 saturated carbocycles. The lowest BCUT2D eigenvalue weighted by atomic mass is 9.90. The third-order valence-corrected chi connectivity index (χ3v) is 2.78. The van der Waals surface area contributed by atoms with Crippen LogP contribution in [-0.4, -0.2) is 33.5 Å². The zero-order chi connectivity index (χ0) is 16.3. The molecule has 0 spiro atoms. The molecule has 0 atom stereocenters. The standard InChI is InChI=1S/C12H14F3N3O3/c1-11(2,10(20)21)3-4-16-8(19)7-5-17-9(18-6-7)12(13,14)15/h5-6H,3-4H2,1-2H3,(H,16,19)(H,20,21). The number of nitrogens with zero attached hydrogens (tertiary/aromatic N) is 2. The first-order valence-electron chi connectivity index (χ1n) is 5.95. The van der Waals surface area contributed by atoms with Crippen molar-refractivity contribution in [1.29, 1.82) is 0 Å². The molecule has 1 amide bonds. The van der Waals surface area contributed by atoms with Crippen LogP contribution in [0.5, 0.6) is 0 Å². The minimum atomic E-state index is -4.67. The number of rotatable bonds is 5. The Morgan fingerprint density at radius 3 is 2.19 bits per heavy atom. The highest BCUT2D eigenvalue weighted by atomic mass is 19.4. The second-order valence-corrected chi connectivity index (χ2v) is 4.99. The maximum Gasteiger partial charge on any atom is 0.451 e. The molecule has 0 unspecified atom stereocenters. The summed E-state index contributed by atoms with van der Waals surface area (Å²) >= 11 is 0. The van der Waals surface area contributed by atoms with E-state index in [1.807, 2.05) is 0 Å². The lowest BCUT2D eigenvalue weighted by Gasteiger charge is -2.18. The van der Waals surface area contributed by atoms with Crippen LogP contribution in [0.15, 0.2) is 12.4 Å². The van der Waals surface area contributed by atoms with Crippen molar-refractivity contribution < 1.29 is 27.9 Å². The molecule has 0 aliphatic rings. The SMILES string of the molecule is CC(C)(CCNC(=O)c1cnc(C(F)(F)F)nc1)C(=O)O. The third kappa shape index (κ3) is 4.69. The van der Waals surface area contributed by atoms with E-state index in [0.29, 0.717) is 0 Å². The first-order chi connectivity index (χ1) is 9.54. The lowest BCUT2D eigenvalue weighted by Crippen LogP contribution is -2.32.